The number of rotatable bonds is 6. The molecule has 2 aliphatic heterocycles. The van der Waals surface area contributed by atoms with E-state index in [0.717, 1.165) is 19.3 Å². The number of aliphatic carboxylic acids is 1. The standard InChI is InChI=1S/C18H21NO4/c1-2-3-4-11-5-7-12(8-6-11)19-17(20)15-13-9-10-14(23-13)16(15)18(21)22/h5-10,13-16H,2-4H2,1H3,(H,19,20)(H,21,22)/p-1/t13-,14+,15+,16+/m1/s1. The van der Waals surface area contributed by atoms with Crippen molar-refractivity contribution in [2.24, 2.45) is 11.8 Å². The zero-order valence-corrected chi connectivity index (χ0v) is 13.0. The van der Waals surface area contributed by atoms with Crippen LogP contribution < -0.4 is 10.4 Å². The van der Waals surface area contributed by atoms with Gasteiger partial charge in [0, 0.05) is 17.6 Å². The number of nitrogens with one attached hydrogen (secondary N) is 1. The second-order valence-corrected chi connectivity index (χ2v) is 6.11. The van der Waals surface area contributed by atoms with E-state index in [1.165, 1.54) is 5.56 Å². The maximum Gasteiger partial charge on any atom is 0.231 e. The molecule has 0 unspecified atom stereocenters. The second kappa shape index (κ2) is 6.54. The third-order valence-corrected chi connectivity index (χ3v) is 4.51. The molecule has 1 saturated heterocycles. The summed E-state index contributed by atoms with van der Waals surface area (Å²) in [6, 6.07) is 7.67. The highest BCUT2D eigenvalue weighted by atomic mass is 16.5. The molecular weight excluding hydrogens is 294 g/mol. The number of aryl methyl sites for hydroxylation is 1. The maximum atomic E-state index is 12.5. The quantitative estimate of drug-likeness (QED) is 0.803. The molecule has 1 aromatic rings. The van der Waals surface area contributed by atoms with Gasteiger partial charge >= 0.3 is 0 Å². The molecule has 0 aliphatic carbocycles. The van der Waals surface area contributed by atoms with E-state index in [1.807, 2.05) is 24.3 Å². The largest absolute Gasteiger partial charge is 0.550 e. The van der Waals surface area contributed by atoms with Crippen LogP contribution in [-0.2, 0) is 20.7 Å². The van der Waals surface area contributed by atoms with Crippen molar-refractivity contribution in [1.29, 1.82) is 0 Å². The van der Waals surface area contributed by atoms with Gasteiger partial charge in [-0.15, -0.1) is 0 Å². The summed E-state index contributed by atoms with van der Waals surface area (Å²) in [7, 11) is 0. The molecule has 0 aromatic heterocycles. The molecule has 5 nitrogen and oxygen atoms in total. The Labute approximate surface area is 135 Å². The number of carbonyl (C=O) groups is 2. The molecule has 23 heavy (non-hydrogen) atoms. The van der Waals surface area contributed by atoms with E-state index < -0.39 is 30.0 Å². The summed E-state index contributed by atoms with van der Waals surface area (Å²) in [4.78, 5) is 23.8. The number of carboxylic acids is 1. The number of amides is 1. The van der Waals surface area contributed by atoms with E-state index in [9.17, 15) is 14.7 Å². The zero-order chi connectivity index (χ0) is 16.4. The number of anilines is 1. The van der Waals surface area contributed by atoms with Crippen LogP contribution in [0.4, 0.5) is 5.69 Å². The van der Waals surface area contributed by atoms with Crippen molar-refractivity contribution in [3.05, 3.63) is 42.0 Å². The van der Waals surface area contributed by atoms with Gasteiger partial charge in [0.05, 0.1) is 18.1 Å². The molecule has 1 aromatic carbocycles. The van der Waals surface area contributed by atoms with Crippen LogP contribution in [0, 0.1) is 11.8 Å². The molecule has 122 valence electrons. The van der Waals surface area contributed by atoms with E-state index in [0.29, 0.717) is 5.69 Å². The molecule has 0 spiro atoms. The summed E-state index contributed by atoms with van der Waals surface area (Å²) in [5, 5.41) is 14.1. The Balaban J connectivity index is 1.67. The minimum atomic E-state index is -1.24. The number of carboxylic acid groups (broad SMARTS) is 1. The van der Waals surface area contributed by atoms with Crippen molar-refractivity contribution in [3.63, 3.8) is 0 Å². The van der Waals surface area contributed by atoms with Crippen LogP contribution in [0.3, 0.4) is 0 Å². The molecule has 2 heterocycles. The number of benzene rings is 1. The first kappa shape index (κ1) is 15.7. The minimum Gasteiger partial charge on any atom is -0.550 e. The molecule has 4 atom stereocenters. The fourth-order valence-corrected chi connectivity index (χ4v) is 3.26. The monoisotopic (exact) mass is 314 g/mol. The van der Waals surface area contributed by atoms with E-state index in [1.54, 1.807) is 12.2 Å². The zero-order valence-electron chi connectivity index (χ0n) is 13.0. The van der Waals surface area contributed by atoms with Crippen LogP contribution in [0.25, 0.3) is 0 Å². The second-order valence-electron chi connectivity index (χ2n) is 6.11. The third-order valence-electron chi connectivity index (χ3n) is 4.51. The smallest absolute Gasteiger partial charge is 0.231 e. The Hall–Kier alpha value is -2.14. The number of fused-ring (bicyclic) bond motifs is 2. The van der Waals surface area contributed by atoms with Crippen LogP contribution in [0.15, 0.2) is 36.4 Å². The molecule has 1 amide bonds. The number of ether oxygens (including phenoxy) is 1. The van der Waals surface area contributed by atoms with Crippen LogP contribution >= 0.6 is 0 Å². The summed E-state index contributed by atoms with van der Waals surface area (Å²) >= 11 is 0. The summed E-state index contributed by atoms with van der Waals surface area (Å²) in [6.07, 6.45) is 5.69. The van der Waals surface area contributed by atoms with Crippen molar-refractivity contribution in [2.75, 3.05) is 5.32 Å². The van der Waals surface area contributed by atoms with E-state index in [4.69, 9.17) is 4.74 Å². The van der Waals surface area contributed by atoms with Gasteiger partial charge in [0.1, 0.15) is 0 Å². The van der Waals surface area contributed by atoms with Crippen molar-refractivity contribution >= 4 is 17.6 Å². The third kappa shape index (κ3) is 3.15. The molecule has 2 aliphatic rings. The fraction of sp³-hybridized carbons (Fsp3) is 0.444. The average Bonchev–Trinajstić information content (AvgIpc) is 3.15. The molecule has 1 N–H and O–H groups in total. The average molecular weight is 314 g/mol. The van der Waals surface area contributed by atoms with Gasteiger partial charge in [0.2, 0.25) is 5.91 Å². The van der Waals surface area contributed by atoms with E-state index in [-0.39, 0.29) is 5.91 Å². The van der Waals surface area contributed by atoms with Crippen LogP contribution in [0.2, 0.25) is 0 Å². The number of unbranched alkanes of at least 4 members (excludes halogenated alkanes) is 1. The minimum absolute atomic E-state index is 0.336. The molecule has 3 rings (SSSR count). The van der Waals surface area contributed by atoms with Gasteiger partial charge in [-0.05, 0) is 30.5 Å². The normalized spacial score (nSPS) is 28.0. The lowest BCUT2D eigenvalue weighted by Crippen LogP contribution is -2.45. The summed E-state index contributed by atoms with van der Waals surface area (Å²) in [5.41, 5.74) is 1.89. The van der Waals surface area contributed by atoms with Crippen molar-refractivity contribution in [1.82, 2.24) is 0 Å². The summed E-state index contributed by atoms with van der Waals surface area (Å²) < 4.78 is 5.49. The van der Waals surface area contributed by atoms with Gasteiger partial charge in [-0.2, -0.15) is 0 Å². The molecule has 0 saturated carbocycles. The van der Waals surface area contributed by atoms with Crippen molar-refractivity contribution in [2.45, 2.75) is 38.4 Å². The number of carbonyl (C=O) groups excluding carboxylic acids is 2. The van der Waals surface area contributed by atoms with Gasteiger partial charge in [-0.3, -0.25) is 4.79 Å². The lowest BCUT2D eigenvalue weighted by atomic mass is 9.82. The Morgan fingerprint density at radius 3 is 2.39 bits per heavy atom. The van der Waals surface area contributed by atoms with E-state index in [2.05, 4.69) is 12.2 Å². The van der Waals surface area contributed by atoms with Crippen molar-refractivity contribution in [3.8, 4) is 0 Å². The van der Waals surface area contributed by atoms with Gasteiger partial charge in [0.25, 0.3) is 0 Å². The lowest BCUT2D eigenvalue weighted by molar-refractivity contribution is -0.313. The van der Waals surface area contributed by atoms with Crippen molar-refractivity contribution < 1.29 is 19.4 Å². The molecule has 5 heteroatoms. The summed E-state index contributed by atoms with van der Waals surface area (Å²) in [6.45, 7) is 2.15. The highest BCUT2D eigenvalue weighted by Crippen LogP contribution is 2.39. The summed E-state index contributed by atoms with van der Waals surface area (Å²) in [5.74, 6) is -3.24. The van der Waals surface area contributed by atoms with Crippen LogP contribution in [0.5, 0.6) is 0 Å². The predicted octanol–water partition coefficient (Wildman–Crippen LogP) is 1.29. The topological polar surface area (TPSA) is 78.5 Å². The first-order valence-electron chi connectivity index (χ1n) is 8.04. The maximum absolute atomic E-state index is 12.5. The predicted molar refractivity (Wildman–Crippen MR) is 83.5 cm³/mol. The lowest BCUT2D eigenvalue weighted by Gasteiger charge is -2.25. The Bertz CT molecular complexity index is 622. The van der Waals surface area contributed by atoms with Crippen LogP contribution in [0.1, 0.15) is 25.3 Å². The fourth-order valence-electron chi connectivity index (χ4n) is 3.26. The molecule has 2 bridgehead atoms. The van der Waals surface area contributed by atoms with Gasteiger partial charge in [0.15, 0.2) is 0 Å². The van der Waals surface area contributed by atoms with E-state index >= 15 is 0 Å². The number of hydrogen-bond donors (Lipinski definition) is 1. The Morgan fingerprint density at radius 2 is 1.78 bits per heavy atom. The van der Waals surface area contributed by atoms with Crippen LogP contribution in [-0.4, -0.2) is 24.1 Å². The first-order valence-corrected chi connectivity index (χ1v) is 8.04. The highest BCUT2D eigenvalue weighted by Gasteiger charge is 2.50. The molecular formula is C18H20NO4-. The molecule has 1 fully saturated rings. The Morgan fingerprint density at radius 1 is 1.13 bits per heavy atom. The van der Waals surface area contributed by atoms with Gasteiger partial charge in [-0.25, -0.2) is 0 Å². The Kier molecular flexibility index (Phi) is 4.48. The SMILES string of the molecule is CCCCc1ccc(NC(=O)[C@@H]2[C@@H](C(=O)[O-])[C@@H]3C=C[C@H]2O3)cc1. The first-order chi connectivity index (χ1) is 11.1. The van der Waals surface area contributed by atoms with Gasteiger partial charge < -0.3 is 20.0 Å². The highest BCUT2D eigenvalue weighted by molar-refractivity contribution is 5.96. The van der Waals surface area contributed by atoms with Gasteiger partial charge in [-0.1, -0.05) is 37.6 Å². The molecule has 0 radical (unpaired) electrons. The number of hydrogen-bond acceptors (Lipinski definition) is 4.